The maximum atomic E-state index is 12.4. The Morgan fingerprint density at radius 2 is 1.57 bits per heavy atom. The van der Waals surface area contributed by atoms with Crippen molar-refractivity contribution < 1.29 is 4.79 Å². The van der Waals surface area contributed by atoms with Crippen molar-refractivity contribution in [3.63, 3.8) is 0 Å². The van der Waals surface area contributed by atoms with Crippen LogP contribution in [0.25, 0.3) is 0 Å². The van der Waals surface area contributed by atoms with Gasteiger partial charge < -0.3 is 4.90 Å². The summed E-state index contributed by atoms with van der Waals surface area (Å²) in [6, 6.07) is 10.6. The van der Waals surface area contributed by atoms with Crippen LogP contribution in [0.2, 0.25) is 0 Å². The lowest BCUT2D eigenvalue weighted by atomic mass is 9.99. The maximum Gasteiger partial charge on any atom is 0.236 e. The van der Waals surface area contributed by atoms with Gasteiger partial charge in [-0.25, -0.2) is 0 Å². The lowest BCUT2D eigenvalue weighted by Gasteiger charge is -2.36. The second-order valence-electron chi connectivity index (χ2n) is 7.10. The van der Waals surface area contributed by atoms with E-state index in [1.54, 1.807) is 0 Å². The molecule has 4 nitrogen and oxygen atoms in total. The molecule has 1 amide bonds. The van der Waals surface area contributed by atoms with Crippen LogP contribution in [-0.4, -0.2) is 66.4 Å². The monoisotopic (exact) mass is 315 g/mol. The molecule has 3 rings (SSSR count). The van der Waals surface area contributed by atoms with Crippen LogP contribution >= 0.6 is 0 Å². The van der Waals surface area contributed by atoms with E-state index in [1.165, 1.54) is 5.56 Å². The molecule has 1 aromatic carbocycles. The van der Waals surface area contributed by atoms with Gasteiger partial charge in [0.05, 0.1) is 6.54 Å². The number of carbonyl (C=O) groups excluding carboxylic acids is 1. The molecule has 2 aliphatic heterocycles. The summed E-state index contributed by atoms with van der Waals surface area (Å²) >= 11 is 0. The first kappa shape index (κ1) is 16.5. The summed E-state index contributed by atoms with van der Waals surface area (Å²) in [5.41, 5.74) is 1.37. The van der Waals surface area contributed by atoms with E-state index in [4.69, 9.17) is 0 Å². The van der Waals surface area contributed by atoms with Crippen molar-refractivity contribution >= 4 is 5.91 Å². The molecule has 0 spiro atoms. The zero-order chi connectivity index (χ0) is 16.1. The van der Waals surface area contributed by atoms with E-state index >= 15 is 0 Å². The fraction of sp³-hybridized carbons (Fsp3) is 0.632. The molecule has 0 bridgehead atoms. The van der Waals surface area contributed by atoms with E-state index in [9.17, 15) is 4.79 Å². The molecule has 0 atom stereocenters. The first-order valence-corrected chi connectivity index (χ1v) is 8.97. The van der Waals surface area contributed by atoms with Gasteiger partial charge in [0.1, 0.15) is 0 Å². The molecular formula is C19H29N3O. The lowest BCUT2D eigenvalue weighted by Crippen LogP contribution is -2.50. The fourth-order valence-corrected chi connectivity index (χ4v) is 3.50. The van der Waals surface area contributed by atoms with Crippen LogP contribution in [0.3, 0.4) is 0 Å². The third-order valence-electron chi connectivity index (χ3n) is 5.21. The Bertz CT molecular complexity index is 489. The fourth-order valence-electron chi connectivity index (χ4n) is 3.50. The quantitative estimate of drug-likeness (QED) is 0.851. The largest absolute Gasteiger partial charge is 0.342 e. The molecule has 4 heteroatoms. The van der Waals surface area contributed by atoms with Crippen molar-refractivity contribution in [2.24, 2.45) is 5.92 Å². The molecule has 2 fully saturated rings. The molecule has 2 heterocycles. The number of nitrogens with zero attached hydrogens (tertiary/aromatic N) is 3. The van der Waals surface area contributed by atoms with Crippen LogP contribution in [0.4, 0.5) is 0 Å². The van der Waals surface area contributed by atoms with Gasteiger partial charge in [-0.2, -0.15) is 0 Å². The summed E-state index contributed by atoms with van der Waals surface area (Å²) in [5, 5.41) is 0. The molecule has 0 radical (unpaired) electrons. The Balaban J connectivity index is 1.40. The molecule has 1 aromatic rings. The molecule has 0 unspecified atom stereocenters. The molecule has 0 N–H and O–H groups in total. The molecule has 0 aromatic heterocycles. The predicted octanol–water partition coefficient (Wildman–Crippen LogP) is 2.06. The highest BCUT2D eigenvalue weighted by atomic mass is 16.2. The van der Waals surface area contributed by atoms with Crippen LogP contribution in [0.5, 0.6) is 0 Å². The number of carbonyl (C=O) groups is 1. The van der Waals surface area contributed by atoms with Crippen molar-refractivity contribution in [3.8, 4) is 0 Å². The van der Waals surface area contributed by atoms with E-state index in [0.29, 0.717) is 12.5 Å². The first-order valence-electron chi connectivity index (χ1n) is 8.97. The van der Waals surface area contributed by atoms with Gasteiger partial charge in [0.25, 0.3) is 0 Å². The maximum absolute atomic E-state index is 12.4. The number of hydrogen-bond acceptors (Lipinski definition) is 3. The van der Waals surface area contributed by atoms with E-state index in [2.05, 4.69) is 52.0 Å². The van der Waals surface area contributed by atoms with E-state index < -0.39 is 0 Å². The zero-order valence-corrected chi connectivity index (χ0v) is 14.3. The molecule has 0 aliphatic carbocycles. The standard InChI is InChI=1S/C19H29N3O/c1-17-7-9-22(10-8-17)19(23)16-21-13-11-20(12-14-21)15-18-5-3-2-4-6-18/h2-6,17H,7-16H2,1H3. The summed E-state index contributed by atoms with van der Waals surface area (Å²) in [7, 11) is 0. The van der Waals surface area contributed by atoms with Crippen molar-refractivity contribution in [2.75, 3.05) is 45.8 Å². The molecule has 23 heavy (non-hydrogen) atoms. The normalized spacial score (nSPS) is 21.5. The number of hydrogen-bond donors (Lipinski definition) is 0. The highest BCUT2D eigenvalue weighted by molar-refractivity contribution is 5.78. The summed E-state index contributed by atoms with van der Waals surface area (Å²) in [6.45, 7) is 9.93. The summed E-state index contributed by atoms with van der Waals surface area (Å²) < 4.78 is 0. The van der Waals surface area contributed by atoms with Gasteiger partial charge in [-0.1, -0.05) is 37.3 Å². The summed E-state index contributed by atoms with van der Waals surface area (Å²) in [6.07, 6.45) is 2.33. The second kappa shape index (κ2) is 7.93. The van der Waals surface area contributed by atoms with E-state index in [0.717, 1.165) is 64.6 Å². The average molecular weight is 315 g/mol. The van der Waals surface area contributed by atoms with Gasteiger partial charge in [0.2, 0.25) is 5.91 Å². The Morgan fingerprint density at radius 3 is 2.22 bits per heavy atom. The first-order chi connectivity index (χ1) is 11.2. The van der Waals surface area contributed by atoms with Crippen LogP contribution in [0, 0.1) is 5.92 Å². The average Bonchev–Trinajstić information content (AvgIpc) is 2.58. The van der Waals surface area contributed by atoms with E-state index in [-0.39, 0.29) is 0 Å². The number of likely N-dealkylation sites (tertiary alicyclic amines) is 1. The minimum absolute atomic E-state index is 0.327. The van der Waals surface area contributed by atoms with Gasteiger partial charge >= 0.3 is 0 Å². The van der Waals surface area contributed by atoms with Gasteiger partial charge in [0, 0.05) is 45.8 Å². The molecule has 0 saturated carbocycles. The van der Waals surface area contributed by atoms with Crippen molar-refractivity contribution in [3.05, 3.63) is 35.9 Å². The molecule has 2 saturated heterocycles. The van der Waals surface area contributed by atoms with Gasteiger partial charge in [-0.05, 0) is 24.3 Å². The number of rotatable bonds is 4. The third-order valence-corrected chi connectivity index (χ3v) is 5.21. The van der Waals surface area contributed by atoms with Gasteiger partial charge in [-0.3, -0.25) is 14.6 Å². The number of piperazine rings is 1. The molecule has 126 valence electrons. The Morgan fingerprint density at radius 1 is 0.957 bits per heavy atom. The van der Waals surface area contributed by atoms with Crippen LogP contribution < -0.4 is 0 Å². The SMILES string of the molecule is CC1CCN(C(=O)CN2CCN(Cc3ccccc3)CC2)CC1. The van der Waals surface area contributed by atoms with Crippen LogP contribution in [-0.2, 0) is 11.3 Å². The number of benzene rings is 1. The predicted molar refractivity (Wildman–Crippen MR) is 93.1 cm³/mol. The number of amides is 1. The topological polar surface area (TPSA) is 26.8 Å². The smallest absolute Gasteiger partial charge is 0.236 e. The minimum Gasteiger partial charge on any atom is -0.342 e. The Hall–Kier alpha value is -1.39. The second-order valence-corrected chi connectivity index (χ2v) is 7.10. The molecular weight excluding hydrogens is 286 g/mol. The van der Waals surface area contributed by atoms with Gasteiger partial charge in [-0.15, -0.1) is 0 Å². The summed E-state index contributed by atoms with van der Waals surface area (Å²) in [5.74, 6) is 1.11. The van der Waals surface area contributed by atoms with Crippen LogP contribution in [0.1, 0.15) is 25.3 Å². The highest BCUT2D eigenvalue weighted by Gasteiger charge is 2.24. The Kier molecular flexibility index (Phi) is 5.68. The van der Waals surface area contributed by atoms with Crippen molar-refractivity contribution in [2.45, 2.75) is 26.3 Å². The Labute approximate surface area is 140 Å². The zero-order valence-electron chi connectivity index (χ0n) is 14.3. The number of piperidine rings is 1. The minimum atomic E-state index is 0.327. The highest BCUT2D eigenvalue weighted by Crippen LogP contribution is 2.16. The third kappa shape index (κ3) is 4.79. The van der Waals surface area contributed by atoms with Crippen molar-refractivity contribution in [1.29, 1.82) is 0 Å². The van der Waals surface area contributed by atoms with E-state index in [1.807, 2.05) is 0 Å². The molecule has 2 aliphatic rings. The van der Waals surface area contributed by atoms with Crippen molar-refractivity contribution in [1.82, 2.24) is 14.7 Å². The van der Waals surface area contributed by atoms with Crippen LogP contribution in [0.15, 0.2) is 30.3 Å². The van der Waals surface area contributed by atoms with Gasteiger partial charge in [0.15, 0.2) is 0 Å². The summed E-state index contributed by atoms with van der Waals surface area (Å²) in [4.78, 5) is 19.3. The lowest BCUT2D eigenvalue weighted by molar-refractivity contribution is -0.134.